The number of H-pyrrole nitrogens is 1. The molecule has 1 heterocycles. The van der Waals surface area contributed by atoms with Gasteiger partial charge in [0.2, 0.25) is 0 Å². The van der Waals surface area contributed by atoms with Crippen molar-refractivity contribution >= 4 is 11.9 Å². The average Bonchev–Trinajstić information content (AvgIpc) is 2.71. The van der Waals surface area contributed by atoms with Crippen LogP contribution in [0.2, 0.25) is 0 Å². The highest BCUT2D eigenvalue weighted by Gasteiger charge is 2.32. The molecule has 2 aromatic carbocycles. The lowest BCUT2D eigenvalue weighted by Crippen LogP contribution is -2.39. The Balaban J connectivity index is 1.69. The molecule has 27 heavy (non-hydrogen) atoms. The summed E-state index contributed by atoms with van der Waals surface area (Å²) in [7, 11) is 0. The third-order valence-electron chi connectivity index (χ3n) is 5.28. The highest BCUT2D eigenvalue weighted by Crippen LogP contribution is 2.33. The number of nitrogens with one attached hydrogen (secondary N) is 2. The van der Waals surface area contributed by atoms with Crippen molar-refractivity contribution in [2.45, 2.75) is 31.2 Å². The summed E-state index contributed by atoms with van der Waals surface area (Å²) < 4.78 is 3.51. The predicted octanol–water partition coefficient (Wildman–Crippen LogP) is 3.95. The van der Waals surface area contributed by atoms with Gasteiger partial charge in [-0.3, -0.25) is 9.52 Å². The minimum Gasteiger partial charge on any atom is -0.313 e. The minimum atomic E-state index is -0.00295. The molecule has 2 N–H and O–H groups in total. The summed E-state index contributed by atoms with van der Waals surface area (Å²) in [5.74, 6) is 0.115. The molecule has 0 fully saturated rings. The van der Waals surface area contributed by atoms with E-state index in [0.29, 0.717) is 0 Å². The molecule has 1 aliphatic rings. The van der Waals surface area contributed by atoms with Crippen molar-refractivity contribution in [1.82, 2.24) is 14.7 Å². The molecule has 1 aromatic heterocycles. The van der Waals surface area contributed by atoms with Gasteiger partial charge in [0.1, 0.15) is 0 Å². The van der Waals surface area contributed by atoms with Gasteiger partial charge in [0, 0.05) is 17.5 Å². The maximum absolute atomic E-state index is 12.6. The first-order valence-corrected chi connectivity index (χ1v) is 10.5. The lowest BCUT2D eigenvalue weighted by Gasteiger charge is -2.32. The van der Waals surface area contributed by atoms with Crippen LogP contribution < -0.4 is 10.3 Å². The van der Waals surface area contributed by atoms with E-state index in [1.807, 2.05) is 12.3 Å². The number of fused-ring (bicyclic) bond motifs is 1. The molecule has 0 aliphatic heterocycles. The molecular weight excluding hydrogens is 354 g/mol. The Kier molecular flexibility index (Phi) is 5.41. The summed E-state index contributed by atoms with van der Waals surface area (Å²) in [6.07, 6.45) is 6.22. The summed E-state index contributed by atoms with van der Waals surface area (Å²) in [4.78, 5) is 19.8. The van der Waals surface area contributed by atoms with E-state index in [-0.39, 0.29) is 17.5 Å². The van der Waals surface area contributed by atoms with Crippen molar-refractivity contribution in [2.24, 2.45) is 0 Å². The van der Waals surface area contributed by atoms with Gasteiger partial charge in [0.25, 0.3) is 5.56 Å². The fourth-order valence-corrected chi connectivity index (χ4v) is 4.61. The van der Waals surface area contributed by atoms with Crippen LogP contribution in [0.25, 0.3) is 11.1 Å². The minimum absolute atomic E-state index is 0.00295. The summed E-state index contributed by atoms with van der Waals surface area (Å²) >= 11 is 1.62. The first-order chi connectivity index (χ1) is 13.3. The van der Waals surface area contributed by atoms with Gasteiger partial charge in [-0.1, -0.05) is 66.5 Å². The second-order valence-corrected chi connectivity index (χ2v) is 7.58. The number of aromatic nitrogens is 2. The molecule has 5 heteroatoms. The second kappa shape index (κ2) is 8.11. The lowest BCUT2D eigenvalue weighted by molar-refractivity contribution is 0.435. The van der Waals surface area contributed by atoms with Crippen LogP contribution in [0.1, 0.15) is 29.2 Å². The zero-order valence-corrected chi connectivity index (χ0v) is 16.1. The molecule has 2 atom stereocenters. The first-order valence-electron chi connectivity index (χ1n) is 9.25. The quantitative estimate of drug-likeness (QED) is 0.661. The molecule has 2 unspecified atom stereocenters. The zero-order chi connectivity index (χ0) is 18.6. The Labute approximate surface area is 163 Å². The van der Waals surface area contributed by atoms with Crippen LogP contribution in [0.4, 0.5) is 0 Å². The van der Waals surface area contributed by atoms with Crippen LogP contribution in [0.5, 0.6) is 0 Å². The van der Waals surface area contributed by atoms with E-state index in [0.717, 1.165) is 30.5 Å². The number of aromatic amines is 1. The third kappa shape index (κ3) is 3.84. The van der Waals surface area contributed by atoms with Crippen molar-refractivity contribution in [3.05, 3.63) is 88.1 Å². The highest BCUT2D eigenvalue weighted by atomic mass is 32.2. The van der Waals surface area contributed by atoms with Crippen LogP contribution in [-0.2, 0) is 12.8 Å². The molecule has 0 bridgehead atoms. The Morgan fingerprint density at radius 2 is 1.96 bits per heavy atom. The SMILES string of the molecule is CSNC1CCc2nc[nH]c(=O)c2C1Cc1cccc(-c2ccccc2)c1. The number of benzene rings is 2. The Hall–Kier alpha value is -2.37. The first kappa shape index (κ1) is 18.0. The van der Waals surface area contributed by atoms with E-state index < -0.39 is 0 Å². The molecule has 4 rings (SSSR count). The van der Waals surface area contributed by atoms with Crippen LogP contribution in [-0.4, -0.2) is 22.3 Å². The molecule has 0 spiro atoms. The van der Waals surface area contributed by atoms with Gasteiger partial charge in [0.15, 0.2) is 0 Å². The van der Waals surface area contributed by atoms with Gasteiger partial charge in [-0.05, 0) is 42.2 Å². The standard InChI is InChI=1S/C22H23N3OS/c1-27-25-19-10-11-20-21(22(26)24-14-23-20)18(19)13-15-6-5-9-17(12-15)16-7-3-2-4-8-16/h2-9,12,14,18-19,25H,10-11,13H2,1H3,(H,23,24,26). The third-order valence-corrected chi connectivity index (χ3v) is 5.82. The van der Waals surface area contributed by atoms with Crippen molar-refractivity contribution in [2.75, 3.05) is 6.26 Å². The van der Waals surface area contributed by atoms with Crippen molar-refractivity contribution in [3.8, 4) is 11.1 Å². The molecule has 0 radical (unpaired) electrons. The number of hydrogen-bond donors (Lipinski definition) is 2. The highest BCUT2D eigenvalue weighted by molar-refractivity contribution is 7.96. The van der Waals surface area contributed by atoms with E-state index in [1.54, 1.807) is 11.9 Å². The van der Waals surface area contributed by atoms with E-state index in [4.69, 9.17) is 0 Å². The second-order valence-electron chi connectivity index (χ2n) is 6.94. The van der Waals surface area contributed by atoms with E-state index in [2.05, 4.69) is 63.2 Å². The normalized spacial score (nSPS) is 18.9. The summed E-state index contributed by atoms with van der Waals surface area (Å²) in [6, 6.07) is 19.3. The fraction of sp³-hybridized carbons (Fsp3) is 0.273. The largest absolute Gasteiger partial charge is 0.313 e. The number of nitrogens with zero attached hydrogens (tertiary/aromatic N) is 1. The number of aryl methyl sites for hydroxylation is 1. The molecule has 1 aliphatic carbocycles. The van der Waals surface area contributed by atoms with E-state index in [1.165, 1.54) is 23.0 Å². The van der Waals surface area contributed by atoms with Gasteiger partial charge in [-0.15, -0.1) is 0 Å². The monoisotopic (exact) mass is 377 g/mol. The van der Waals surface area contributed by atoms with Crippen LogP contribution >= 0.6 is 11.9 Å². The summed E-state index contributed by atoms with van der Waals surface area (Å²) in [5.41, 5.74) is 5.45. The Morgan fingerprint density at radius 1 is 1.15 bits per heavy atom. The lowest BCUT2D eigenvalue weighted by atomic mass is 9.79. The smallest absolute Gasteiger partial charge is 0.254 e. The molecule has 3 aromatic rings. The molecular formula is C22H23N3OS. The van der Waals surface area contributed by atoms with Gasteiger partial charge in [-0.25, -0.2) is 4.98 Å². The predicted molar refractivity (Wildman–Crippen MR) is 112 cm³/mol. The van der Waals surface area contributed by atoms with Crippen LogP contribution in [0.3, 0.4) is 0 Å². The van der Waals surface area contributed by atoms with Crippen LogP contribution in [0, 0.1) is 0 Å². The van der Waals surface area contributed by atoms with Gasteiger partial charge in [-0.2, -0.15) is 0 Å². The molecule has 0 saturated carbocycles. The van der Waals surface area contributed by atoms with Gasteiger partial charge in [0.05, 0.1) is 12.0 Å². The summed E-state index contributed by atoms with van der Waals surface area (Å²) in [5, 5.41) is 0. The zero-order valence-electron chi connectivity index (χ0n) is 15.3. The Morgan fingerprint density at radius 3 is 2.78 bits per heavy atom. The number of rotatable bonds is 5. The van der Waals surface area contributed by atoms with E-state index in [9.17, 15) is 4.79 Å². The van der Waals surface area contributed by atoms with Crippen molar-refractivity contribution in [3.63, 3.8) is 0 Å². The topological polar surface area (TPSA) is 57.8 Å². The number of hydrogen-bond acceptors (Lipinski definition) is 4. The van der Waals surface area contributed by atoms with Crippen molar-refractivity contribution < 1.29 is 0 Å². The summed E-state index contributed by atoms with van der Waals surface area (Å²) in [6.45, 7) is 0. The Bertz CT molecular complexity index is 971. The van der Waals surface area contributed by atoms with Crippen LogP contribution in [0.15, 0.2) is 65.7 Å². The van der Waals surface area contributed by atoms with Gasteiger partial charge < -0.3 is 4.98 Å². The van der Waals surface area contributed by atoms with Crippen molar-refractivity contribution in [1.29, 1.82) is 0 Å². The van der Waals surface area contributed by atoms with Gasteiger partial charge >= 0.3 is 0 Å². The maximum atomic E-state index is 12.6. The molecule has 138 valence electrons. The van der Waals surface area contributed by atoms with E-state index >= 15 is 0 Å². The molecule has 0 amide bonds. The fourth-order valence-electron chi connectivity index (χ4n) is 4.02. The molecule has 0 saturated heterocycles. The average molecular weight is 378 g/mol. The maximum Gasteiger partial charge on any atom is 0.254 e. The molecule has 4 nitrogen and oxygen atoms in total.